The average Bonchev–Trinajstić information content (AvgIpc) is 1.54. The van der Waals surface area contributed by atoms with Crippen LogP contribution in [-0.2, 0) is 66.2 Å². The Kier molecular flexibility index (Phi) is 24.2. The highest BCUT2D eigenvalue weighted by molar-refractivity contribution is 9.10. The summed E-state index contributed by atoms with van der Waals surface area (Å²) in [4.78, 5) is 37.0. The molecule has 14 aromatic rings. The fourth-order valence-electron chi connectivity index (χ4n) is 10.2. The van der Waals surface area contributed by atoms with Gasteiger partial charge in [-0.25, -0.2) is 25.3 Å². The molecule has 0 amide bonds. The lowest BCUT2D eigenvalue weighted by molar-refractivity contribution is -0.138. The molecule has 1 N–H and O–H groups in total. The minimum absolute atomic E-state index is 0.0580. The second-order valence-corrected chi connectivity index (χ2v) is 30.1. The maximum absolute atomic E-state index is 12.7. The topological polar surface area (TPSA) is 276 Å². The monoisotopic (exact) mass is 1590 g/mol. The highest BCUT2D eigenvalue weighted by Gasteiger charge is 2.32. The molecule has 0 aliphatic heterocycles. The van der Waals surface area contributed by atoms with E-state index < -0.39 is 53.0 Å². The molecule has 0 saturated heterocycles. The van der Waals surface area contributed by atoms with E-state index in [4.69, 9.17) is 37.3 Å². The van der Waals surface area contributed by atoms with Crippen molar-refractivity contribution in [3.63, 3.8) is 0 Å². The molecule has 0 saturated carbocycles. The van der Waals surface area contributed by atoms with Gasteiger partial charge < -0.3 is 27.8 Å². The van der Waals surface area contributed by atoms with Gasteiger partial charge in [0.15, 0.2) is 29.5 Å². The van der Waals surface area contributed by atoms with E-state index >= 15 is 0 Å². The number of nitrogens with zero attached hydrogens (tertiary/aromatic N) is 6. The molecule has 8 aromatic carbocycles. The van der Waals surface area contributed by atoms with Crippen LogP contribution in [0.5, 0.6) is 5.75 Å². The molecule has 0 aliphatic rings. The van der Waals surface area contributed by atoms with Crippen molar-refractivity contribution in [2.24, 2.45) is 7.05 Å². The zero-order valence-corrected chi connectivity index (χ0v) is 59.5. The molecule has 1 radical (unpaired) electrons. The zero-order chi connectivity index (χ0) is 75.4. The van der Waals surface area contributed by atoms with Crippen LogP contribution in [0.1, 0.15) is 28.2 Å². The van der Waals surface area contributed by atoms with Crippen molar-refractivity contribution < 1.29 is 74.8 Å². The third-order valence-electron chi connectivity index (χ3n) is 15.3. The molecule has 33 heteroatoms. The Morgan fingerprint density at radius 3 is 1.35 bits per heavy atom. The minimum Gasteiger partial charge on any atom is -0.537 e. The van der Waals surface area contributed by atoms with Gasteiger partial charge in [0, 0.05) is 74.4 Å². The average molecular weight is 1600 g/mol. The van der Waals surface area contributed by atoms with Crippen LogP contribution in [0.2, 0.25) is 10.0 Å². The summed E-state index contributed by atoms with van der Waals surface area (Å²) in [5.74, 6) is -0.804. The van der Waals surface area contributed by atoms with E-state index in [-0.39, 0.29) is 54.4 Å². The van der Waals surface area contributed by atoms with Gasteiger partial charge in [-0.3, -0.25) is 23.5 Å². The highest BCUT2D eigenvalue weighted by atomic mass is 79.9. The summed E-state index contributed by atoms with van der Waals surface area (Å²) in [7, 11) is -8.74. The lowest BCUT2D eigenvalue weighted by Gasteiger charge is -2.13. The Hall–Kier alpha value is -10.7. The van der Waals surface area contributed by atoms with Crippen molar-refractivity contribution in [3.8, 4) is 28.3 Å². The summed E-state index contributed by atoms with van der Waals surface area (Å²) in [6.07, 6.45) is -4.69. The van der Waals surface area contributed by atoms with Crippen LogP contribution < -0.4 is 21.3 Å². The zero-order valence-electron chi connectivity index (χ0n) is 53.9. The molecular weight excluding hydrogens is 1540 g/mol. The molecule has 537 valence electrons. The molecule has 14 rings (SSSR count). The first kappa shape index (κ1) is 77.0. The summed E-state index contributed by atoms with van der Waals surface area (Å²) in [6.45, 7) is 0. The number of aromatic nitrogens is 6. The largest absolute Gasteiger partial charge is 0.569 e. The van der Waals surface area contributed by atoms with Crippen molar-refractivity contribution in [2.45, 2.75) is 44.3 Å². The van der Waals surface area contributed by atoms with Crippen molar-refractivity contribution >= 4 is 109 Å². The number of fused-ring (bicyclic) bond motifs is 3. The molecule has 6 aromatic heterocycles. The van der Waals surface area contributed by atoms with Crippen LogP contribution in [0, 0.1) is 0 Å². The maximum Gasteiger partial charge on any atom is 0.569 e. The molecule has 0 fully saturated rings. The lowest BCUT2D eigenvalue weighted by atomic mass is 10.0. The smallest absolute Gasteiger partial charge is 0.537 e. The van der Waals surface area contributed by atoms with E-state index in [2.05, 4.69) is 40.6 Å². The van der Waals surface area contributed by atoms with E-state index in [0.29, 0.717) is 88.9 Å². The van der Waals surface area contributed by atoms with E-state index in [1.807, 2.05) is 6.07 Å². The summed E-state index contributed by atoms with van der Waals surface area (Å²) in [5, 5.41) is 22.1. The van der Waals surface area contributed by atoms with Gasteiger partial charge >= 0.3 is 20.0 Å². The lowest BCUT2D eigenvalue weighted by Crippen LogP contribution is -2.18. The van der Waals surface area contributed by atoms with Crippen LogP contribution in [-0.4, -0.2) is 67.1 Å². The Bertz CT molecular complexity index is 5960. The summed E-state index contributed by atoms with van der Waals surface area (Å²) in [6, 6.07) is 58.1. The maximum atomic E-state index is 12.7. The third kappa shape index (κ3) is 19.6. The second-order valence-electron chi connectivity index (χ2n) is 22.4. The first-order valence-electron chi connectivity index (χ1n) is 30.4. The summed E-state index contributed by atoms with van der Waals surface area (Å²) in [5.41, 5.74) is 3.48. The number of hydrogen-bond donors (Lipinski definition) is 1. The van der Waals surface area contributed by atoms with Crippen LogP contribution in [0.4, 0.5) is 26.3 Å². The number of alkyl halides is 6. The van der Waals surface area contributed by atoms with Crippen LogP contribution in [0.3, 0.4) is 0 Å². The third-order valence-corrected chi connectivity index (χ3v) is 21.3. The number of sulfone groups is 3. The molecule has 6 heterocycles. The van der Waals surface area contributed by atoms with E-state index in [1.165, 1.54) is 105 Å². The van der Waals surface area contributed by atoms with Gasteiger partial charge in [0.2, 0.25) is 0 Å². The van der Waals surface area contributed by atoms with E-state index in [1.54, 1.807) is 134 Å². The van der Waals surface area contributed by atoms with Gasteiger partial charge in [0.05, 0.1) is 65.1 Å². The van der Waals surface area contributed by atoms with Gasteiger partial charge in [0.25, 0.3) is 16.7 Å². The van der Waals surface area contributed by atoms with Crippen LogP contribution in [0.15, 0.2) is 296 Å². The normalized spacial score (nSPS) is 11.6. The Morgan fingerprint density at radius 1 is 0.457 bits per heavy atom. The quantitative estimate of drug-likeness (QED) is 0.0782. The second kappa shape index (κ2) is 33.0. The minimum atomic E-state index is -4.39. The van der Waals surface area contributed by atoms with E-state index in [9.17, 15) is 66.0 Å². The van der Waals surface area contributed by atoms with Crippen molar-refractivity contribution in [1.29, 1.82) is 0 Å². The van der Waals surface area contributed by atoms with Gasteiger partial charge in [-0.05, 0) is 178 Å². The van der Waals surface area contributed by atoms with Crippen LogP contribution in [0.25, 0.3) is 55.2 Å². The van der Waals surface area contributed by atoms with Crippen molar-refractivity contribution in [1.82, 2.24) is 29.2 Å². The number of halogens is 9. The number of aryl methyl sites for hydroxylation is 1. The molecule has 20 nitrogen and oxygen atoms in total. The van der Waals surface area contributed by atoms with Gasteiger partial charge in [-0.15, -0.1) is 0 Å². The molecule has 0 spiro atoms. The van der Waals surface area contributed by atoms with E-state index in [0.717, 1.165) is 29.8 Å². The Balaban J connectivity index is 0.000000144. The summed E-state index contributed by atoms with van der Waals surface area (Å²) >= 11 is 15.3. The molecular formula is C72H51BBrCl2F6N6O14S3. The van der Waals surface area contributed by atoms with Gasteiger partial charge in [-0.1, -0.05) is 87.2 Å². The molecule has 0 atom stereocenters. The van der Waals surface area contributed by atoms with Gasteiger partial charge in [0.1, 0.15) is 41.8 Å². The summed E-state index contributed by atoms with van der Waals surface area (Å²) < 4.78 is 173. The fraction of sp³-hybridized carbons (Fsp3) is 0.0833. The molecule has 0 aliphatic carbocycles. The number of pyridine rings is 3. The molecule has 0 bridgehead atoms. The standard InChI is InChI=1S/C19H12BrClN2O4S.C19H13ClN2O4S.C14H12N2O4S.C13H9F3.C7H5BF3O2/c20-16-10-13(21)2-4-18(16)23-17-5-3-15(9-12(17)1-6-19(23)24)28(25,26)11-14-7-8-27-22-14;20-14-2-4-16(5-3-14)22-18-7-6-17(11-13(18)1-8-19(22)23)27(24,25)12-15-9-10-26-21-15;1-16-13-4-3-12(8-10(13)2-5-14(16)17)21(18,19)9-11-6-7-20-15-11;14-13(15,16)12-8-4-7-11(9-12)10-5-2-1-3-6-10;9-7(10,11)5-2-1-3-6(4-5)13-8-12/h1-10H,11H2;1-11H,12H2;2-8H,9H2,1H3;1-9H;1-4,12H. The number of benzene rings is 8. The van der Waals surface area contributed by atoms with Gasteiger partial charge in [-0.2, -0.15) is 26.3 Å². The Labute approximate surface area is 611 Å². The predicted molar refractivity (Wildman–Crippen MR) is 385 cm³/mol. The van der Waals surface area contributed by atoms with Crippen molar-refractivity contribution in [3.05, 3.63) is 323 Å². The SMILES string of the molecule is Cn1c(=O)ccc2cc(S(=O)(=O)Cc3ccon3)ccc21.FC(F)(F)c1cccc(-c2ccccc2)c1.O=c1ccc2cc(S(=O)(=O)Cc3ccon3)ccc2n1-c1ccc(Cl)cc1.O=c1ccc2cc(S(=O)(=O)Cc3ccon3)ccc2n1-c1ccc(Cl)cc1Br.O[B]Oc1cccc(C(F)(F)F)c1. The number of rotatable bonds is 14. The fourth-order valence-corrected chi connectivity index (χ4v) is 15.1. The Morgan fingerprint density at radius 2 is 0.886 bits per heavy atom. The first-order valence-corrected chi connectivity index (χ1v) is 36.9. The van der Waals surface area contributed by atoms with Crippen molar-refractivity contribution in [2.75, 3.05) is 0 Å². The number of hydrogen-bond acceptors (Lipinski definition) is 17. The first-order chi connectivity index (χ1) is 49.9. The predicted octanol–water partition coefficient (Wildman–Crippen LogP) is 15.5. The van der Waals surface area contributed by atoms with Crippen LogP contribution >= 0.6 is 39.1 Å². The molecule has 105 heavy (non-hydrogen) atoms. The molecule has 0 unspecified atom stereocenters. The highest BCUT2D eigenvalue weighted by Crippen LogP contribution is 2.34.